The van der Waals surface area contributed by atoms with Gasteiger partial charge in [0, 0.05) is 22.7 Å². The van der Waals surface area contributed by atoms with Crippen molar-refractivity contribution in [1.29, 1.82) is 0 Å². The molecule has 3 aromatic rings. The van der Waals surface area contributed by atoms with E-state index in [4.69, 9.17) is 23.2 Å². The van der Waals surface area contributed by atoms with Gasteiger partial charge in [0.25, 0.3) is 15.9 Å². The van der Waals surface area contributed by atoms with Gasteiger partial charge < -0.3 is 5.32 Å². The fourth-order valence-corrected chi connectivity index (χ4v) is 5.06. The molecule has 0 aliphatic rings. The SMILES string of the molecule is CC(=O)Nc1cccc(/C(C)=N\NC(=O)CN(c2cc(Cl)cc(Cl)c2)S(=O)(=O)c2ccccc2)c1. The maximum atomic E-state index is 13.4. The van der Waals surface area contributed by atoms with E-state index in [9.17, 15) is 18.0 Å². The third kappa shape index (κ3) is 7.05. The number of carbonyl (C=O) groups is 2. The number of halogens is 2. The molecule has 0 aromatic heterocycles. The number of rotatable bonds is 8. The monoisotopic (exact) mass is 532 g/mol. The highest BCUT2D eigenvalue weighted by molar-refractivity contribution is 7.92. The van der Waals surface area contributed by atoms with E-state index < -0.39 is 22.5 Å². The second-order valence-electron chi connectivity index (χ2n) is 7.45. The Morgan fingerprint density at radius 3 is 2.20 bits per heavy atom. The van der Waals surface area contributed by atoms with Crippen molar-refractivity contribution >= 4 is 62.1 Å². The van der Waals surface area contributed by atoms with Gasteiger partial charge in [-0.2, -0.15) is 5.10 Å². The number of sulfonamides is 1. The molecule has 0 radical (unpaired) electrons. The molecule has 35 heavy (non-hydrogen) atoms. The quantitative estimate of drug-likeness (QED) is 0.324. The van der Waals surface area contributed by atoms with Gasteiger partial charge >= 0.3 is 0 Å². The van der Waals surface area contributed by atoms with Crippen LogP contribution in [0, 0.1) is 0 Å². The molecule has 0 heterocycles. The number of nitrogens with zero attached hydrogens (tertiary/aromatic N) is 2. The fraction of sp³-hybridized carbons (Fsp3) is 0.125. The Kier molecular flexibility index (Phi) is 8.50. The zero-order valence-corrected chi connectivity index (χ0v) is 21.2. The van der Waals surface area contributed by atoms with Crippen LogP contribution in [0.3, 0.4) is 0 Å². The Hall–Kier alpha value is -3.40. The zero-order chi connectivity index (χ0) is 25.6. The molecule has 2 amide bonds. The van der Waals surface area contributed by atoms with Crippen LogP contribution in [-0.4, -0.2) is 32.5 Å². The highest BCUT2D eigenvalue weighted by Crippen LogP contribution is 2.29. The van der Waals surface area contributed by atoms with Crippen molar-refractivity contribution in [2.45, 2.75) is 18.7 Å². The Balaban J connectivity index is 1.86. The number of hydrogen-bond acceptors (Lipinski definition) is 5. The summed E-state index contributed by atoms with van der Waals surface area (Å²) < 4.78 is 27.6. The van der Waals surface area contributed by atoms with E-state index >= 15 is 0 Å². The summed E-state index contributed by atoms with van der Waals surface area (Å²) in [5, 5.41) is 7.19. The summed E-state index contributed by atoms with van der Waals surface area (Å²) in [7, 11) is -4.12. The van der Waals surface area contributed by atoms with Gasteiger partial charge in [-0.1, -0.05) is 53.5 Å². The van der Waals surface area contributed by atoms with Crippen LogP contribution in [-0.2, 0) is 19.6 Å². The van der Waals surface area contributed by atoms with Crippen LogP contribution in [0.4, 0.5) is 11.4 Å². The van der Waals surface area contributed by atoms with Gasteiger partial charge in [-0.05, 0) is 55.0 Å². The number of amides is 2. The minimum Gasteiger partial charge on any atom is -0.326 e. The van der Waals surface area contributed by atoms with Crippen molar-refractivity contribution in [1.82, 2.24) is 5.43 Å². The van der Waals surface area contributed by atoms with Crippen LogP contribution in [0.5, 0.6) is 0 Å². The van der Waals surface area contributed by atoms with Crippen LogP contribution in [0.25, 0.3) is 0 Å². The average Bonchev–Trinajstić information content (AvgIpc) is 2.80. The molecule has 3 rings (SSSR count). The largest absolute Gasteiger partial charge is 0.326 e. The van der Waals surface area contributed by atoms with Gasteiger partial charge in [-0.15, -0.1) is 0 Å². The van der Waals surface area contributed by atoms with Crippen molar-refractivity contribution in [3.8, 4) is 0 Å². The lowest BCUT2D eigenvalue weighted by molar-refractivity contribution is -0.119. The molecule has 0 atom stereocenters. The van der Waals surface area contributed by atoms with Crippen LogP contribution in [0.15, 0.2) is 82.8 Å². The number of hydrogen-bond donors (Lipinski definition) is 2. The van der Waals surface area contributed by atoms with Gasteiger partial charge in [-0.3, -0.25) is 13.9 Å². The minimum atomic E-state index is -4.12. The van der Waals surface area contributed by atoms with E-state index in [0.29, 0.717) is 17.0 Å². The predicted molar refractivity (Wildman–Crippen MR) is 139 cm³/mol. The highest BCUT2D eigenvalue weighted by atomic mass is 35.5. The van der Waals surface area contributed by atoms with E-state index in [1.54, 1.807) is 49.4 Å². The first-order chi connectivity index (χ1) is 16.6. The van der Waals surface area contributed by atoms with E-state index in [0.717, 1.165) is 4.31 Å². The summed E-state index contributed by atoms with van der Waals surface area (Å²) in [4.78, 5) is 24.1. The summed E-state index contributed by atoms with van der Waals surface area (Å²) in [6.45, 7) is 2.50. The first kappa shape index (κ1) is 26.2. The molecule has 0 spiro atoms. The summed E-state index contributed by atoms with van der Waals surface area (Å²) in [5.41, 5.74) is 4.20. The van der Waals surface area contributed by atoms with Crippen molar-refractivity contribution in [3.63, 3.8) is 0 Å². The van der Waals surface area contributed by atoms with Gasteiger partial charge in [0.1, 0.15) is 6.54 Å². The average molecular weight is 533 g/mol. The van der Waals surface area contributed by atoms with E-state index in [1.807, 2.05) is 0 Å². The van der Waals surface area contributed by atoms with E-state index in [2.05, 4.69) is 15.8 Å². The molecule has 0 aliphatic heterocycles. The molecule has 0 unspecified atom stereocenters. The minimum absolute atomic E-state index is 0.00151. The Morgan fingerprint density at radius 2 is 1.57 bits per heavy atom. The lowest BCUT2D eigenvalue weighted by Crippen LogP contribution is -2.39. The molecule has 0 fully saturated rings. The summed E-state index contributed by atoms with van der Waals surface area (Å²) >= 11 is 12.2. The van der Waals surface area contributed by atoms with Crippen LogP contribution in [0.2, 0.25) is 10.0 Å². The van der Waals surface area contributed by atoms with Crippen molar-refractivity contribution in [2.75, 3.05) is 16.2 Å². The smallest absolute Gasteiger partial charge is 0.264 e. The molecule has 2 N–H and O–H groups in total. The molecule has 0 bridgehead atoms. The molecule has 0 saturated heterocycles. The lowest BCUT2D eigenvalue weighted by atomic mass is 10.1. The number of anilines is 2. The summed E-state index contributed by atoms with van der Waals surface area (Å²) in [6, 6.07) is 18.9. The van der Waals surface area contributed by atoms with Crippen LogP contribution in [0.1, 0.15) is 19.4 Å². The van der Waals surface area contributed by atoms with E-state index in [-0.39, 0.29) is 26.5 Å². The third-order valence-electron chi connectivity index (χ3n) is 4.70. The maximum absolute atomic E-state index is 13.4. The topological polar surface area (TPSA) is 108 Å². The zero-order valence-electron chi connectivity index (χ0n) is 18.8. The van der Waals surface area contributed by atoms with Crippen LogP contribution < -0.4 is 15.0 Å². The summed E-state index contributed by atoms with van der Waals surface area (Å²) in [6.07, 6.45) is 0. The predicted octanol–water partition coefficient (Wildman–Crippen LogP) is 4.69. The van der Waals surface area contributed by atoms with Crippen molar-refractivity contribution in [2.24, 2.45) is 5.10 Å². The number of carbonyl (C=O) groups excluding carboxylic acids is 2. The number of nitrogens with one attached hydrogen (secondary N) is 2. The van der Waals surface area contributed by atoms with E-state index in [1.165, 1.54) is 37.3 Å². The number of benzene rings is 3. The molecule has 8 nitrogen and oxygen atoms in total. The third-order valence-corrected chi connectivity index (χ3v) is 6.93. The summed E-state index contributed by atoms with van der Waals surface area (Å²) in [5.74, 6) is -0.899. The van der Waals surface area contributed by atoms with Gasteiger partial charge in [-0.25, -0.2) is 13.8 Å². The second kappa shape index (κ2) is 11.4. The molecular weight excluding hydrogens is 511 g/mol. The molecule has 3 aromatic carbocycles. The van der Waals surface area contributed by atoms with Crippen molar-refractivity contribution < 1.29 is 18.0 Å². The molecular formula is C24H22Cl2N4O4S. The van der Waals surface area contributed by atoms with Gasteiger partial charge in [0.2, 0.25) is 5.91 Å². The maximum Gasteiger partial charge on any atom is 0.264 e. The molecule has 0 aliphatic carbocycles. The second-order valence-corrected chi connectivity index (χ2v) is 10.2. The lowest BCUT2D eigenvalue weighted by Gasteiger charge is -2.24. The molecule has 11 heteroatoms. The first-order valence-electron chi connectivity index (χ1n) is 10.3. The van der Waals surface area contributed by atoms with Crippen LogP contribution >= 0.6 is 23.2 Å². The van der Waals surface area contributed by atoms with Gasteiger partial charge in [0.05, 0.1) is 16.3 Å². The normalized spacial score (nSPS) is 11.6. The Morgan fingerprint density at radius 1 is 0.914 bits per heavy atom. The first-order valence-corrected chi connectivity index (χ1v) is 12.5. The Labute approximate surface area is 213 Å². The van der Waals surface area contributed by atoms with Gasteiger partial charge in [0.15, 0.2) is 0 Å². The molecule has 182 valence electrons. The highest BCUT2D eigenvalue weighted by Gasteiger charge is 2.27. The van der Waals surface area contributed by atoms with Crippen molar-refractivity contribution in [3.05, 3.63) is 88.4 Å². The Bertz CT molecular complexity index is 1360. The molecule has 0 saturated carbocycles. The standard InChI is InChI=1S/C24H22Cl2N4O4S/c1-16(18-7-6-8-21(11-18)27-17(2)31)28-29-24(32)15-30(22-13-19(25)12-20(26)14-22)35(33,34)23-9-4-3-5-10-23/h3-14H,15H2,1-2H3,(H,27,31)(H,29,32)/b28-16-. The fourth-order valence-electron chi connectivity index (χ4n) is 3.12. The number of hydrazone groups is 1.